The van der Waals surface area contributed by atoms with Gasteiger partial charge in [-0.1, -0.05) is 42.2 Å². The highest BCUT2D eigenvalue weighted by atomic mass is 32.2. The lowest BCUT2D eigenvalue weighted by molar-refractivity contribution is -0.115. The monoisotopic (exact) mass is 265 g/mol. The number of thioether (sulfide) groups is 1. The van der Waals surface area contributed by atoms with Crippen LogP contribution in [0.2, 0.25) is 0 Å². The molecule has 1 amide bonds. The molecule has 1 aliphatic rings. The minimum Gasteiger partial charge on any atom is -0.496 e. The lowest BCUT2D eigenvalue weighted by Crippen LogP contribution is -2.18. The Morgan fingerprint density at radius 2 is 2.12 bits per heavy atom. The van der Waals surface area contributed by atoms with E-state index < -0.39 is 0 Å². The number of para-hydroxylation sites is 1. The molecular formula is C12H11NO2S2. The summed E-state index contributed by atoms with van der Waals surface area (Å²) in [6.45, 7) is 1.90. The molecule has 1 N–H and O–H groups in total. The van der Waals surface area contributed by atoms with E-state index in [-0.39, 0.29) is 5.91 Å². The van der Waals surface area contributed by atoms with Crippen molar-refractivity contribution < 1.29 is 9.53 Å². The Labute approximate surface area is 109 Å². The second-order valence-electron chi connectivity index (χ2n) is 3.50. The first-order valence-electron chi connectivity index (χ1n) is 5.01. The van der Waals surface area contributed by atoms with Crippen molar-refractivity contribution in [2.75, 3.05) is 7.11 Å². The third-order valence-corrected chi connectivity index (χ3v) is 3.80. The summed E-state index contributed by atoms with van der Waals surface area (Å²) in [5, 5.41) is 2.61. The van der Waals surface area contributed by atoms with E-state index in [9.17, 15) is 4.79 Å². The van der Waals surface area contributed by atoms with Gasteiger partial charge in [0.05, 0.1) is 12.0 Å². The molecule has 0 aliphatic carbocycles. The summed E-state index contributed by atoms with van der Waals surface area (Å²) >= 11 is 6.26. The molecule has 17 heavy (non-hydrogen) atoms. The summed E-state index contributed by atoms with van der Waals surface area (Å²) in [5.74, 6) is 0.618. The number of thiocarbonyl (C=S) groups is 1. The van der Waals surface area contributed by atoms with Crippen LogP contribution in [0.15, 0.2) is 29.2 Å². The van der Waals surface area contributed by atoms with E-state index in [0.717, 1.165) is 16.9 Å². The third kappa shape index (κ3) is 2.35. The molecule has 0 bridgehead atoms. The predicted octanol–water partition coefficient (Wildman–Crippen LogP) is 2.57. The minimum atomic E-state index is -0.136. The highest BCUT2D eigenvalue weighted by molar-refractivity contribution is 8.26. The molecule has 1 saturated heterocycles. The number of carbonyl (C=O) groups is 1. The largest absolute Gasteiger partial charge is 0.496 e. The van der Waals surface area contributed by atoms with Crippen LogP contribution < -0.4 is 10.1 Å². The molecule has 0 radical (unpaired) electrons. The first kappa shape index (κ1) is 12.1. The smallest absolute Gasteiger partial charge is 0.263 e. The van der Waals surface area contributed by atoms with E-state index in [4.69, 9.17) is 17.0 Å². The van der Waals surface area contributed by atoms with Crippen LogP contribution in [0.5, 0.6) is 5.75 Å². The summed E-state index contributed by atoms with van der Waals surface area (Å²) in [6, 6.07) is 7.61. The van der Waals surface area contributed by atoms with Gasteiger partial charge < -0.3 is 10.1 Å². The van der Waals surface area contributed by atoms with Crippen molar-refractivity contribution in [2.24, 2.45) is 0 Å². The lowest BCUT2D eigenvalue weighted by Gasteiger charge is -2.09. The number of carbonyl (C=O) groups excluding carboxylic acids is 1. The van der Waals surface area contributed by atoms with Gasteiger partial charge in [0.15, 0.2) is 0 Å². The van der Waals surface area contributed by atoms with Gasteiger partial charge in [-0.25, -0.2) is 0 Å². The van der Waals surface area contributed by atoms with E-state index in [2.05, 4.69) is 5.32 Å². The van der Waals surface area contributed by atoms with Gasteiger partial charge in [-0.05, 0) is 18.6 Å². The highest BCUT2D eigenvalue weighted by Gasteiger charge is 2.25. The zero-order chi connectivity index (χ0) is 12.4. The van der Waals surface area contributed by atoms with Crippen LogP contribution in [0, 0.1) is 0 Å². The Bertz CT molecular complexity index is 523. The molecule has 1 fully saturated rings. The van der Waals surface area contributed by atoms with Crippen molar-refractivity contribution in [1.29, 1.82) is 0 Å². The second-order valence-corrected chi connectivity index (χ2v) is 5.19. The van der Waals surface area contributed by atoms with Crippen molar-refractivity contribution in [3.63, 3.8) is 0 Å². The van der Waals surface area contributed by atoms with Crippen molar-refractivity contribution >= 4 is 39.8 Å². The zero-order valence-electron chi connectivity index (χ0n) is 9.44. The average Bonchev–Trinajstić information content (AvgIpc) is 2.67. The lowest BCUT2D eigenvalue weighted by atomic mass is 10.1. The molecule has 1 aromatic rings. The molecule has 3 nitrogen and oxygen atoms in total. The fourth-order valence-corrected chi connectivity index (χ4v) is 2.72. The summed E-state index contributed by atoms with van der Waals surface area (Å²) in [6.07, 6.45) is 0. The highest BCUT2D eigenvalue weighted by Crippen LogP contribution is 2.35. The van der Waals surface area contributed by atoms with Gasteiger partial charge in [0.2, 0.25) is 0 Å². The van der Waals surface area contributed by atoms with Gasteiger partial charge in [0.25, 0.3) is 5.91 Å². The van der Waals surface area contributed by atoms with Crippen LogP contribution in [0.25, 0.3) is 5.57 Å². The van der Waals surface area contributed by atoms with Gasteiger partial charge in [-0.2, -0.15) is 0 Å². The van der Waals surface area contributed by atoms with Crippen LogP contribution >= 0.6 is 24.0 Å². The van der Waals surface area contributed by atoms with Crippen molar-refractivity contribution in [3.05, 3.63) is 34.7 Å². The van der Waals surface area contributed by atoms with E-state index in [1.54, 1.807) is 7.11 Å². The van der Waals surface area contributed by atoms with Crippen molar-refractivity contribution in [2.45, 2.75) is 6.92 Å². The molecule has 1 heterocycles. The van der Waals surface area contributed by atoms with Crippen LogP contribution in [0.3, 0.4) is 0 Å². The number of nitrogens with one attached hydrogen (secondary N) is 1. The number of benzene rings is 1. The molecule has 1 aliphatic heterocycles. The number of allylic oxidation sites excluding steroid dienone is 1. The predicted molar refractivity (Wildman–Crippen MR) is 73.9 cm³/mol. The fourth-order valence-electron chi connectivity index (χ4n) is 1.64. The molecule has 0 atom stereocenters. The number of amides is 1. The van der Waals surface area contributed by atoms with Gasteiger partial charge in [-0.3, -0.25) is 4.79 Å². The standard InChI is InChI=1S/C12H11NO2S2/c1-7(10-11(14)13-12(16)17-10)8-5-3-4-6-9(8)15-2/h3-6H,1-2H3,(H,13,14,16)/b10-7-. The molecule has 0 spiro atoms. The molecule has 1 aromatic carbocycles. The molecule has 88 valence electrons. The maximum absolute atomic E-state index is 11.7. The Hall–Kier alpha value is -1.33. The van der Waals surface area contributed by atoms with Crippen LogP contribution in [-0.4, -0.2) is 17.3 Å². The Kier molecular flexibility index (Phi) is 3.49. The van der Waals surface area contributed by atoms with Gasteiger partial charge in [0, 0.05) is 5.56 Å². The molecule has 2 rings (SSSR count). The van der Waals surface area contributed by atoms with Gasteiger partial charge in [-0.15, -0.1) is 0 Å². The average molecular weight is 265 g/mol. The maximum Gasteiger partial charge on any atom is 0.263 e. The molecule has 0 aromatic heterocycles. The Morgan fingerprint density at radius 1 is 1.41 bits per heavy atom. The summed E-state index contributed by atoms with van der Waals surface area (Å²) < 4.78 is 5.78. The zero-order valence-corrected chi connectivity index (χ0v) is 11.1. The maximum atomic E-state index is 11.7. The number of hydrogen-bond donors (Lipinski definition) is 1. The molecule has 5 heteroatoms. The fraction of sp³-hybridized carbons (Fsp3) is 0.167. The number of hydrogen-bond acceptors (Lipinski definition) is 4. The van der Waals surface area contributed by atoms with E-state index in [1.165, 1.54) is 11.8 Å². The Balaban J connectivity index is 2.49. The van der Waals surface area contributed by atoms with Crippen molar-refractivity contribution in [3.8, 4) is 5.75 Å². The normalized spacial score (nSPS) is 18.0. The molecule has 0 unspecified atom stereocenters. The van der Waals surface area contributed by atoms with Crippen LogP contribution in [-0.2, 0) is 4.79 Å². The first-order valence-corrected chi connectivity index (χ1v) is 6.23. The van der Waals surface area contributed by atoms with E-state index in [0.29, 0.717) is 9.23 Å². The van der Waals surface area contributed by atoms with Gasteiger partial charge in [0.1, 0.15) is 10.1 Å². The van der Waals surface area contributed by atoms with E-state index >= 15 is 0 Å². The minimum absolute atomic E-state index is 0.136. The second kappa shape index (κ2) is 4.89. The Morgan fingerprint density at radius 3 is 2.71 bits per heavy atom. The van der Waals surface area contributed by atoms with Gasteiger partial charge >= 0.3 is 0 Å². The first-order chi connectivity index (χ1) is 8.13. The molecular weight excluding hydrogens is 254 g/mol. The quantitative estimate of drug-likeness (QED) is 0.659. The summed E-state index contributed by atoms with van der Waals surface area (Å²) in [4.78, 5) is 12.3. The summed E-state index contributed by atoms with van der Waals surface area (Å²) in [7, 11) is 1.61. The topological polar surface area (TPSA) is 38.3 Å². The van der Waals surface area contributed by atoms with Crippen molar-refractivity contribution in [1.82, 2.24) is 5.32 Å². The molecule has 0 saturated carbocycles. The SMILES string of the molecule is COc1ccccc1/C(C)=C1\SC(=S)NC1=O. The summed E-state index contributed by atoms with van der Waals surface area (Å²) in [5.41, 5.74) is 1.79. The van der Waals surface area contributed by atoms with Crippen LogP contribution in [0.1, 0.15) is 12.5 Å². The van der Waals surface area contributed by atoms with Crippen LogP contribution in [0.4, 0.5) is 0 Å². The van der Waals surface area contributed by atoms with E-state index in [1.807, 2.05) is 31.2 Å². The number of rotatable bonds is 2. The third-order valence-electron chi connectivity index (χ3n) is 2.47. The number of ether oxygens (including phenoxy) is 1. The number of methoxy groups -OCH3 is 1.